The molecule has 1 aromatic carbocycles. The van der Waals surface area contributed by atoms with Crippen molar-refractivity contribution in [1.82, 2.24) is 14.5 Å². The molecule has 84 valence electrons. The van der Waals surface area contributed by atoms with Crippen molar-refractivity contribution in [2.75, 3.05) is 0 Å². The van der Waals surface area contributed by atoms with E-state index in [4.69, 9.17) is 0 Å². The van der Waals surface area contributed by atoms with Crippen molar-refractivity contribution < 1.29 is 5.11 Å². The molecule has 0 bridgehead atoms. The Hall–Kier alpha value is -2.36. The second-order valence-electron chi connectivity index (χ2n) is 3.91. The van der Waals surface area contributed by atoms with Crippen LogP contribution in [0.1, 0.15) is 0 Å². The van der Waals surface area contributed by atoms with Crippen LogP contribution in [0.25, 0.3) is 22.2 Å². The van der Waals surface area contributed by atoms with Gasteiger partial charge in [-0.05, 0) is 12.1 Å². The molecule has 17 heavy (non-hydrogen) atoms. The first-order valence-electron chi connectivity index (χ1n) is 5.32. The Balaban J connectivity index is 2.31. The largest absolute Gasteiger partial charge is 0.479 e. The van der Waals surface area contributed by atoms with Gasteiger partial charge in [-0.2, -0.15) is 4.98 Å². The Morgan fingerprint density at radius 3 is 2.82 bits per heavy atom. The highest BCUT2D eigenvalue weighted by Crippen LogP contribution is 2.28. The minimum Gasteiger partial charge on any atom is -0.479 e. The first-order valence-corrected chi connectivity index (χ1v) is 5.32. The number of para-hydroxylation sites is 1. The number of benzene rings is 1. The number of fused-ring (bicyclic) bond motifs is 1. The highest BCUT2D eigenvalue weighted by atomic mass is 16.3. The molecule has 0 aliphatic heterocycles. The van der Waals surface area contributed by atoms with Gasteiger partial charge in [0.25, 0.3) is 0 Å². The van der Waals surface area contributed by atoms with Crippen LogP contribution in [0, 0.1) is 0 Å². The van der Waals surface area contributed by atoms with E-state index in [1.807, 2.05) is 36.0 Å². The zero-order chi connectivity index (χ0) is 11.8. The fourth-order valence-electron chi connectivity index (χ4n) is 2.04. The molecule has 0 saturated carbocycles. The Morgan fingerprint density at radius 2 is 2.00 bits per heavy atom. The van der Waals surface area contributed by atoms with Crippen LogP contribution in [0.15, 0.2) is 42.7 Å². The summed E-state index contributed by atoms with van der Waals surface area (Å²) in [6.07, 6.45) is 3.56. The number of aromatic nitrogens is 3. The van der Waals surface area contributed by atoms with Crippen LogP contribution in [0.2, 0.25) is 0 Å². The number of aromatic hydroxyl groups is 1. The monoisotopic (exact) mass is 225 g/mol. The van der Waals surface area contributed by atoms with Gasteiger partial charge in [0.05, 0.1) is 5.69 Å². The number of hydrogen-bond donors (Lipinski definition) is 1. The maximum absolute atomic E-state index is 9.32. The van der Waals surface area contributed by atoms with Gasteiger partial charge in [0.2, 0.25) is 0 Å². The minimum absolute atomic E-state index is 0.199. The number of hydrogen-bond acceptors (Lipinski definition) is 3. The van der Waals surface area contributed by atoms with E-state index in [2.05, 4.69) is 16.0 Å². The molecular formula is C13H11N3O. The lowest BCUT2D eigenvalue weighted by molar-refractivity contribution is 0.431. The molecule has 3 aromatic rings. The van der Waals surface area contributed by atoms with E-state index in [0.717, 1.165) is 22.2 Å². The van der Waals surface area contributed by atoms with Crippen LogP contribution in [-0.2, 0) is 7.05 Å². The third-order valence-corrected chi connectivity index (χ3v) is 2.82. The summed E-state index contributed by atoms with van der Waals surface area (Å²) in [4.78, 5) is 7.73. The Labute approximate surface area is 98.2 Å². The first kappa shape index (κ1) is 9.84. The fourth-order valence-corrected chi connectivity index (χ4v) is 2.04. The number of nitrogens with zero attached hydrogens (tertiary/aromatic N) is 3. The normalized spacial score (nSPS) is 10.9. The van der Waals surface area contributed by atoms with Crippen LogP contribution in [-0.4, -0.2) is 19.6 Å². The van der Waals surface area contributed by atoms with Gasteiger partial charge >= 0.3 is 6.01 Å². The van der Waals surface area contributed by atoms with Gasteiger partial charge in [0, 0.05) is 35.9 Å². The van der Waals surface area contributed by atoms with Crippen molar-refractivity contribution in [1.29, 1.82) is 0 Å². The molecule has 0 radical (unpaired) electrons. The van der Waals surface area contributed by atoms with Crippen molar-refractivity contribution in [3.63, 3.8) is 0 Å². The van der Waals surface area contributed by atoms with Gasteiger partial charge in [-0.25, -0.2) is 4.98 Å². The zero-order valence-electron chi connectivity index (χ0n) is 9.33. The molecule has 0 amide bonds. The van der Waals surface area contributed by atoms with Crippen LogP contribution in [0.3, 0.4) is 0 Å². The average molecular weight is 225 g/mol. The van der Waals surface area contributed by atoms with Crippen molar-refractivity contribution >= 4 is 10.9 Å². The Kier molecular flexibility index (Phi) is 2.08. The summed E-state index contributed by atoms with van der Waals surface area (Å²) in [6.45, 7) is 0. The zero-order valence-corrected chi connectivity index (χ0v) is 9.33. The van der Waals surface area contributed by atoms with Gasteiger partial charge in [0.1, 0.15) is 0 Å². The van der Waals surface area contributed by atoms with Crippen molar-refractivity contribution in [3.05, 3.63) is 42.7 Å². The fraction of sp³-hybridized carbons (Fsp3) is 0.0769. The second-order valence-corrected chi connectivity index (χ2v) is 3.91. The number of rotatable bonds is 1. The molecule has 4 nitrogen and oxygen atoms in total. The molecule has 4 heteroatoms. The van der Waals surface area contributed by atoms with Gasteiger partial charge < -0.3 is 9.67 Å². The molecule has 0 spiro atoms. The lowest BCUT2D eigenvalue weighted by Crippen LogP contribution is -1.85. The summed E-state index contributed by atoms with van der Waals surface area (Å²) in [6, 6.07) is 9.69. The summed E-state index contributed by atoms with van der Waals surface area (Å²) >= 11 is 0. The molecule has 0 aliphatic rings. The lowest BCUT2D eigenvalue weighted by Gasteiger charge is -1.98. The maximum atomic E-state index is 9.32. The smallest absolute Gasteiger partial charge is 0.314 e. The molecule has 2 heterocycles. The van der Waals surface area contributed by atoms with E-state index in [1.165, 1.54) is 0 Å². The topological polar surface area (TPSA) is 50.9 Å². The first-order chi connectivity index (χ1) is 8.25. The molecule has 0 atom stereocenters. The van der Waals surface area contributed by atoms with Gasteiger partial charge in [-0.15, -0.1) is 0 Å². The predicted molar refractivity (Wildman–Crippen MR) is 65.6 cm³/mol. The molecule has 0 saturated heterocycles. The third kappa shape index (κ3) is 1.54. The van der Waals surface area contributed by atoms with E-state index in [1.54, 1.807) is 12.3 Å². The van der Waals surface area contributed by atoms with Gasteiger partial charge in [0.15, 0.2) is 0 Å². The quantitative estimate of drug-likeness (QED) is 0.691. The average Bonchev–Trinajstić information content (AvgIpc) is 2.68. The SMILES string of the molecule is Cn1cc(-c2ccnc(O)n2)c2ccccc21. The van der Waals surface area contributed by atoms with Crippen LogP contribution in [0.4, 0.5) is 0 Å². The lowest BCUT2D eigenvalue weighted by atomic mass is 10.1. The van der Waals surface area contributed by atoms with Crippen LogP contribution in [0.5, 0.6) is 6.01 Å². The molecule has 1 N–H and O–H groups in total. The van der Waals surface area contributed by atoms with E-state index in [-0.39, 0.29) is 6.01 Å². The third-order valence-electron chi connectivity index (χ3n) is 2.82. The Morgan fingerprint density at radius 1 is 1.18 bits per heavy atom. The Bertz CT molecular complexity index is 688. The molecular weight excluding hydrogens is 214 g/mol. The maximum Gasteiger partial charge on any atom is 0.314 e. The minimum atomic E-state index is -0.199. The summed E-state index contributed by atoms with van der Waals surface area (Å²) < 4.78 is 2.05. The molecule has 2 aromatic heterocycles. The molecule has 0 aliphatic carbocycles. The van der Waals surface area contributed by atoms with E-state index < -0.39 is 0 Å². The van der Waals surface area contributed by atoms with Gasteiger partial charge in [-0.1, -0.05) is 18.2 Å². The summed E-state index contributed by atoms with van der Waals surface area (Å²) in [5.41, 5.74) is 2.87. The van der Waals surface area contributed by atoms with Crippen molar-refractivity contribution in [2.45, 2.75) is 0 Å². The van der Waals surface area contributed by atoms with Crippen LogP contribution >= 0.6 is 0 Å². The molecule has 0 unspecified atom stereocenters. The van der Waals surface area contributed by atoms with Gasteiger partial charge in [-0.3, -0.25) is 0 Å². The van der Waals surface area contributed by atoms with Crippen molar-refractivity contribution in [3.8, 4) is 17.3 Å². The number of aryl methyl sites for hydroxylation is 1. The van der Waals surface area contributed by atoms with E-state index in [0.29, 0.717) is 0 Å². The standard InChI is InChI=1S/C13H11N3O/c1-16-8-10(9-4-2-3-5-12(9)16)11-6-7-14-13(17)15-11/h2-8H,1H3,(H,14,15,17). The highest BCUT2D eigenvalue weighted by Gasteiger charge is 2.09. The predicted octanol–water partition coefficient (Wildman–Crippen LogP) is 2.34. The summed E-state index contributed by atoms with van der Waals surface area (Å²) in [5, 5.41) is 10.4. The summed E-state index contributed by atoms with van der Waals surface area (Å²) in [7, 11) is 1.99. The van der Waals surface area contributed by atoms with Crippen LogP contribution < -0.4 is 0 Å². The second kappa shape index (κ2) is 3.59. The summed E-state index contributed by atoms with van der Waals surface area (Å²) in [5.74, 6) is 0. The van der Waals surface area contributed by atoms with Crippen molar-refractivity contribution in [2.24, 2.45) is 7.05 Å². The van der Waals surface area contributed by atoms with E-state index in [9.17, 15) is 5.11 Å². The molecule has 3 rings (SSSR count). The van der Waals surface area contributed by atoms with E-state index >= 15 is 0 Å². The molecule has 0 fully saturated rings. The highest BCUT2D eigenvalue weighted by molar-refractivity contribution is 5.95.